The van der Waals surface area contributed by atoms with E-state index < -0.39 is 22.0 Å². The third kappa shape index (κ3) is 3.64. The molecule has 0 aliphatic carbocycles. The van der Waals surface area contributed by atoms with Crippen molar-refractivity contribution in [3.63, 3.8) is 0 Å². The SMILES string of the molecule is C[C@H](NS(=O)(=O)c1ccccc1Cn1cncn1)C(=O)O. The predicted molar refractivity (Wildman–Crippen MR) is 73.0 cm³/mol. The van der Waals surface area contributed by atoms with E-state index in [1.165, 1.54) is 30.3 Å². The van der Waals surface area contributed by atoms with Crippen LogP contribution in [0.2, 0.25) is 0 Å². The molecular weight excluding hydrogens is 296 g/mol. The first-order valence-electron chi connectivity index (χ1n) is 6.05. The fourth-order valence-corrected chi connectivity index (χ4v) is 3.16. The Hall–Kier alpha value is -2.26. The molecule has 1 heterocycles. The lowest BCUT2D eigenvalue weighted by Gasteiger charge is -2.13. The number of rotatable bonds is 6. The average Bonchev–Trinajstić information content (AvgIpc) is 2.91. The summed E-state index contributed by atoms with van der Waals surface area (Å²) in [4.78, 5) is 14.6. The lowest BCUT2D eigenvalue weighted by atomic mass is 10.2. The van der Waals surface area contributed by atoms with Crippen LogP contribution in [0, 0.1) is 0 Å². The smallest absolute Gasteiger partial charge is 0.321 e. The van der Waals surface area contributed by atoms with E-state index in [-0.39, 0.29) is 11.4 Å². The third-order valence-corrected chi connectivity index (χ3v) is 4.40. The van der Waals surface area contributed by atoms with E-state index >= 15 is 0 Å². The maximum atomic E-state index is 12.3. The Bertz CT molecular complexity index is 727. The molecule has 0 bridgehead atoms. The number of nitrogens with one attached hydrogen (secondary N) is 1. The van der Waals surface area contributed by atoms with Crippen molar-refractivity contribution in [2.24, 2.45) is 0 Å². The summed E-state index contributed by atoms with van der Waals surface area (Å²) in [6.45, 7) is 1.48. The zero-order valence-electron chi connectivity index (χ0n) is 11.2. The van der Waals surface area contributed by atoms with E-state index in [1.807, 2.05) is 0 Å². The summed E-state index contributed by atoms with van der Waals surface area (Å²) in [6.07, 6.45) is 2.82. The first-order chi connectivity index (χ1) is 9.90. The maximum absolute atomic E-state index is 12.3. The van der Waals surface area contributed by atoms with E-state index in [2.05, 4.69) is 14.8 Å². The first-order valence-corrected chi connectivity index (χ1v) is 7.54. The van der Waals surface area contributed by atoms with Crippen LogP contribution in [-0.2, 0) is 21.4 Å². The lowest BCUT2D eigenvalue weighted by molar-refractivity contribution is -0.138. The van der Waals surface area contributed by atoms with Gasteiger partial charge in [0.15, 0.2) is 0 Å². The van der Waals surface area contributed by atoms with Gasteiger partial charge in [0.1, 0.15) is 18.7 Å². The molecule has 2 aromatic rings. The highest BCUT2D eigenvalue weighted by molar-refractivity contribution is 7.89. The van der Waals surface area contributed by atoms with Gasteiger partial charge in [-0.25, -0.2) is 18.1 Å². The van der Waals surface area contributed by atoms with Gasteiger partial charge in [-0.15, -0.1) is 0 Å². The summed E-state index contributed by atoms with van der Waals surface area (Å²) in [5, 5.41) is 12.7. The molecule has 21 heavy (non-hydrogen) atoms. The van der Waals surface area contributed by atoms with Crippen LogP contribution >= 0.6 is 0 Å². The number of sulfonamides is 1. The Morgan fingerprint density at radius 3 is 2.76 bits per heavy atom. The standard InChI is InChI=1S/C12H14N4O4S/c1-9(12(17)18)15-21(19,20)11-5-3-2-4-10(11)6-16-8-13-7-14-16/h2-5,7-9,15H,6H2,1H3,(H,17,18)/t9-/m0/s1. The molecule has 2 N–H and O–H groups in total. The molecule has 9 heteroatoms. The fraction of sp³-hybridized carbons (Fsp3) is 0.250. The number of aliphatic carboxylic acids is 1. The van der Waals surface area contributed by atoms with Crippen molar-refractivity contribution in [1.82, 2.24) is 19.5 Å². The second kappa shape index (κ2) is 6.02. The molecule has 0 saturated carbocycles. The van der Waals surface area contributed by atoms with Crippen molar-refractivity contribution < 1.29 is 18.3 Å². The molecule has 1 atom stereocenters. The highest BCUT2D eigenvalue weighted by Crippen LogP contribution is 2.16. The zero-order valence-corrected chi connectivity index (χ0v) is 12.0. The minimum Gasteiger partial charge on any atom is -0.480 e. The van der Waals surface area contributed by atoms with Gasteiger partial charge in [-0.05, 0) is 18.6 Å². The second-order valence-corrected chi connectivity index (χ2v) is 6.06. The molecule has 1 aromatic heterocycles. The summed E-state index contributed by atoms with van der Waals surface area (Å²) < 4.78 is 28.2. The number of carboxylic acid groups (broad SMARTS) is 1. The van der Waals surface area contributed by atoms with E-state index in [9.17, 15) is 13.2 Å². The van der Waals surface area contributed by atoms with Crippen LogP contribution in [-0.4, -0.2) is 40.3 Å². The van der Waals surface area contributed by atoms with Crippen LogP contribution in [0.25, 0.3) is 0 Å². The number of benzene rings is 1. The number of nitrogens with zero attached hydrogens (tertiary/aromatic N) is 3. The minimum atomic E-state index is -3.93. The molecule has 0 aliphatic heterocycles. The molecule has 8 nitrogen and oxygen atoms in total. The van der Waals surface area contributed by atoms with Crippen molar-refractivity contribution in [1.29, 1.82) is 0 Å². The Balaban J connectivity index is 2.33. The van der Waals surface area contributed by atoms with Gasteiger partial charge in [0.25, 0.3) is 0 Å². The molecule has 0 aliphatic rings. The van der Waals surface area contributed by atoms with E-state index in [4.69, 9.17) is 5.11 Å². The number of carboxylic acids is 1. The van der Waals surface area contributed by atoms with Gasteiger partial charge >= 0.3 is 5.97 Å². The average molecular weight is 310 g/mol. The second-order valence-electron chi connectivity index (χ2n) is 4.38. The Morgan fingerprint density at radius 1 is 1.43 bits per heavy atom. The molecule has 1 aromatic carbocycles. The topological polar surface area (TPSA) is 114 Å². The van der Waals surface area contributed by atoms with Gasteiger partial charge in [-0.2, -0.15) is 9.82 Å². The van der Waals surface area contributed by atoms with Crippen LogP contribution < -0.4 is 4.72 Å². The Morgan fingerprint density at radius 2 is 2.14 bits per heavy atom. The molecule has 0 fully saturated rings. The van der Waals surface area contributed by atoms with Crippen molar-refractivity contribution in [3.8, 4) is 0 Å². The fourth-order valence-electron chi connectivity index (χ4n) is 1.73. The van der Waals surface area contributed by atoms with Crippen LogP contribution in [0.5, 0.6) is 0 Å². The van der Waals surface area contributed by atoms with Gasteiger partial charge in [-0.3, -0.25) is 4.79 Å². The van der Waals surface area contributed by atoms with Crippen LogP contribution in [0.15, 0.2) is 41.8 Å². The maximum Gasteiger partial charge on any atom is 0.321 e. The number of hydrogen-bond donors (Lipinski definition) is 2. The minimum absolute atomic E-state index is 0.0219. The van der Waals surface area contributed by atoms with Crippen molar-refractivity contribution in [2.45, 2.75) is 24.4 Å². The van der Waals surface area contributed by atoms with Crippen LogP contribution in [0.3, 0.4) is 0 Å². The van der Waals surface area contributed by atoms with Crippen molar-refractivity contribution >= 4 is 16.0 Å². The van der Waals surface area contributed by atoms with E-state index in [0.29, 0.717) is 5.56 Å². The molecule has 0 radical (unpaired) electrons. The molecule has 0 spiro atoms. The highest BCUT2D eigenvalue weighted by Gasteiger charge is 2.23. The highest BCUT2D eigenvalue weighted by atomic mass is 32.2. The summed E-state index contributed by atoms with van der Waals surface area (Å²) in [5.74, 6) is -1.24. The van der Waals surface area contributed by atoms with Crippen molar-refractivity contribution in [3.05, 3.63) is 42.5 Å². The molecule has 2 rings (SSSR count). The Labute approximate surface area is 121 Å². The summed E-state index contributed by atoms with van der Waals surface area (Å²) in [6, 6.07) is 5.12. The van der Waals surface area contributed by atoms with Crippen LogP contribution in [0.4, 0.5) is 0 Å². The number of aromatic nitrogens is 3. The zero-order chi connectivity index (χ0) is 15.5. The summed E-state index contributed by atoms with van der Waals surface area (Å²) >= 11 is 0. The van der Waals surface area contributed by atoms with Crippen LogP contribution in [0.1, 0.15) is 12.5 Å². The molecule has 0 amide bonds. The van der Waals surface area contributed by atoms with E-state index in [1.54, 1.807) is 18.2 Å². The first kappa shape index (κ1) is 15.1. The lowest BCUT2D eigenvalue weighted by Crippen LogP contribution is -2.38. The van der Waals surface area contributed by atoms with Crippen molar-refractivity contribution in [2.75, 3.05) is 0 Å². The third-order valence-electron chi connectivity index (χ3n) is 2.76. The number of hydrogen-bond acceptors (Lipinski definition) is 5. The van der Waals surface area contributed by atoms with Gasteiger partial charge in [-0.1, -0.05) is 18.2 Å². The van der Waals surface area contributed by atoms with E-state index in [0.717, 1.165) is 0 Å². The summed E-state index contributed by atoms with van der Waals surface area (Å²) in [5.41, 5.74) is 0.494. The molecular formula is C12H14N4O4S. The monoisotopic (exact) mass is 310 g/mol. The largest absolute Gasteiger partial charge is 0.480 e. The summed E-state index contributed by atoms with van der Waals surface area (Å²) in [7, 11) is -3.93. The van der Waals surface area contributed by atoms with Gasteiger partial charge < -0.3 is 5.11 Å². The molecule has 112 valence electrons. The molecule has 0 saturated heterocycles. The predicted octanol–water partition coefficient (Wildman–Crippen LogP) is 0.0778. The number of carbonyl (C=O) groups is 1. The van der Waals surface area contributed by atoms with Gasteiger partial charge in [0.05, 0.1) is 11.4 Å². The molecule has 0 unspecified atom stereocenters. The van der Waals surface area contributed by atoms with Gasteiger partial charge in [0.2, 0.25) is 10.0 Å². The quantitative estimate of drug-likeness (QED) is 0.781. The van der Waals surface area contributed by atoms with Gasteiger partial charge in [0, 0.05) is 0 Å². The Kier molecular flexibility index (Phi) is 4.34. The normalized spacial score (nSPS) is 13.0.